The maximum absolute atomic E-state index is 12.0. The van der Waals surface area contributed by atoms with Crippen LogP contribution in [-0.2, 0) is 22.1 Å². The van der Waals surface area contributed by atoms with E-state index < -0.39 is 9.84 Å². The van der Waals surface area contributed by atoms with Crippen LogP contribution in [0.5, 0.6) is 0 Å². The highest BCUT2D eigenvalue weighted by molar-refractivity contribution is 7.90. The fourth-order valence-corrected chi connectivity index (χ4v) is 3.85. The molecule has 0 saturated carbocycles. The first kappa shape index (κ1) is 12.6. The molecule has 1 N–H and O–H groups in total. The van der Waals surface area contributed by atoms with Gasteiger partial charge in [-0.2, -0.15) is 5.10 Å². The first-order valence-corrected chi connectivity index (χ1v) is 7.77. The summed E-state index contributed by atoms with van der Waals surface area (Å²) in [7, 11) is -3.01. The Morgan fingerprint density at radius 2 is 2.24 bits per heavy atom. The monoisotopic (exact) mass is 257 g/mol. The fourth-order valence-electron chi connectivity index (χ4n) is 2.10. The summed E-state index contributed by atoms with van der Waals surface area (Å²) in [6.07, 6.45) is 0. The molecular weight excluding hydrogens is 238 g/mol. The lowest BCUT2D eigenvalue weighted by molar-refractivity contribution is 0.378. The zero-order valence-electron chi connectivity index (χ0n) is 10.3. The van der Waals surface area contributed by atoms with Crippen molar-refractivity contribution >= 4 is 9.84 Å². The van der Waals surface area contributed by atoms with Gasteiger partial charge >= 0.3 is 0 Å². The molecule has 0 bridgehead atoms. The van der Waals surface area contributed by atoms with Crippen LogP contribution in [0.3, 0.4) is 0 Å². The Hall–Kier alpha value is -0.880. The molecule has 0 unspecified atom stereocenters. The topological polar surface area (TPSA) is 64.0 Å². The van der Waals surface area contributed by atoms with Gasteiger partial charge in [0.2, 0.25) is 0 Å². The summed E-state index contributed by atoms with van der Waals surface area (Å²) in [5, 5.41) is 7.36. The third-order valence-electron chi connectivity index (χ3n) is 3.01. The van der Waals surface area contributed by atoms with Crippen molar-refractivity contribution in [3.63, 3.8) is 0 Å². The molecule has 2 rings (SSSR count). The number of aryl methyl sites for hydroxylation is 2. The third-order valence-corrected chi connectivity index (χ3v) is 4.72. The minimum atomic E-state index is -3.01. The average molecular weight is 257 g/mol. The van der Waals surface area contributed by atoms with Gasteiger partial charge in [0.15, 0.2) is 9.84 Å². The van der Waals surface area contributed by atoms with E-state index in [1.54, 1.807) is 4.68 Å². The molecule has 1 aliphatic heterocycles. The smallest absolute Gasteiger partial charge is 0.156 e. The average Bonchev–Trinajstić information content (AvgIpc) is 2.52. The molecule has 0 aromatic carbocycles. The Morgan fingerprint density at radius 1 is 1.53 bits per heavy atom. The highest BCUT2D eigenvalue weighted by Gasteiger charge is 2.25. The fraction of sp³-hybridized carbons (Fsp3) is 0.727. The van der Waals surface area contributed by atoms with E-state index in [1.807, 2.05) is 19.9 Å². The summed E-state index contributed by atoms with van der Waals surface area (Å²) < 4.78 is 25.8. The van der Waals surface area contributed by atoms with Crippen molar-refractivity contribution in [1.82, 2.24) is 15.1 Å². The van der Waals surface area contributed by atoms with Crippen LogP contribution >= 0.6 is 0 Å². The number of nitrogens with one attached hydrogen (secondary N) is 1. The van der Waals surface area contributed by atoms with Gasteiger partial charge in [0, 0.05) is 19.6 Å². The van der Waals surface area contributed by atoms with E-state index in [-0.39, 0.29) is 11.5 Å². The largest absolute Gasteiger partial charge is 0.316 e. The summed E-state index contributed by atoms with van der Waals surface area (Å²) in [5.41, 5.74) is 1.68. The first-order chi connectivity index (χ1) is 8.00. The van der Waals surface area contributed by atoms with E-state index in [0.29, 0.717) is 12.5 Å². The van der Waals surface area contributed by atoms with E-state index in [1.165, 1.54) is 0 Å². The van der Waals surface area contributed by atoms with E-state index in [2.05, 4.69) is 10.4 Å². The van der Waals surface area contributed by atoms with Crippen molar-refractivity contribution in [2.75, 3.05) is 18.8 Å². The number of rotatable bonds is 5. The van der Waals surface area contributed by atoms with Crippen LogP contribution in [0.15, 0.2) is 6.07 Å². The van der Waals surface area contributed by atoms with E-state index in [4.69, 9.17) is 0 Å². The highest BCUT2D eigenvalue weighted by Crippen LogP contribution is 2.13. The van der Waals surface area contributed by atoms with E-state index >= 15 is 0 Å². The van der Waals surface area contributed by atoms with Crippen molar-refractivity contribution in [2.24, 2.45) is 5.92 Å². The Balaban J connectivity index is 2.07. The van der Waals surface area contributed by atoms with Gasteiger partial charge in [-0.05, 0) is 25.8 Å². The van der Waals surface area contributed by atoms with Crippen LogP contribution in [0.25, 0.3) is 0 Å². The Bertz CT molecular complexity index is 489. The number of hydrogen-bond acceptors (Lipinski definition) is 4. The van der Waals surface area contributed by atoms with E-state index in [9.17, 15) is 8.42 Å². The van der Waals surface area contributed by atoms with Crippen molar-refractivity contribution in [2.45, 2.75) is 26.1 Å². The minimum absolute atomic E-state index is 0.109. The normalized spacial score (nSPS) is 17.1. The maximum atomic E-state index is 12.0. The maximum Gasteiger partial charge on any atom is 0.156 e. The summed E-state index contributed by atoms with van der Waals surface area (Å²) in [6, 6.07) is 1.86. The molecule has 5 nitrogen and oxygen atoms in total. The van der Waals surface area contributed by atoms with Gasteiger partial charge in [-0.15, -0.1) is 0 Å². The minimum Gasteiger partial charge on any atom is -0.316 e. The molecule has 1 aromatic heterocycles. The number of sulfone groups is 1. The molecule has 1 fully saturated rings. The molecule has 0 amide bonds. The Labute approximate surface area is 102 Å². The van der Waals surface area contributed by atoms with Crippen molar-refractivity contribution in [3.8, 4) is 0 Å². The lowest BCUT2D eigenvalue weighted by Gasteiger charge is -2.26. The van der Waals surface area contributed by atoms with Crippen molar-refractivity contribution in [3.05, 3.63) is 17.5 Å². The molecule has 6 heteroatoms. The quantitative estimate of drug-likeness (QED) is 0.826. The van der Waals surface area contributed by atoms with Gasteiger partial charge in [0.05, 0.1) is 22.9 Å². The van der Waals surface area contributed by atoms with Gasteiger partial charge in [-0.25, -0.2) is 8.42 Å². The lowest BCUT2D eigenvalue weighted by Crippen LogP contribution is -2.45. The predicted molar refractivity (Wildman–Crippen MR) is 66.5 cm³/mol. The van der Waals surface area contributed by atoms with E-state index in [0.717, 1.165) is 24.5 Å². The van der Waals surface area contributed by atoms with Crippen LogP contribution in [0.1, 0.15) is 18.3 Å². The molecular formula is C11H19N3O2S. The molecule has 17 heavy (non-hydrogen) atoms. The van der Waals surface area contributed by atoms with Crippen molar-refractivity contribution in [1.29, 1.82) is 0 Å². The van der Waals surface area contributed by atoms with Crippen molar-refractivity contribution < 1.29 is 8.42 Å². The molecule has 96 valence electrons. The van der Waals surface area contributed by atoms with Crippen LogP contribution < -0.4 is 5.32 Å². The van der Waals surface area contributed by atoms with Gasteiger partial charge in [-0.1, -0.05) is 0 Å². The van der Waals surface area contributed by atoms with Crippen LogP contribution in [0, 0.1) is 12.8 Å². The molecule has 0 radical (unpaired) electrons. The van der Waals surface area contributed by atoms with Crippen LogP contribution in [0.2, 0.25) is 0 Å². The van der Waals surface area contributed by atoms with Gasteiger partial charge < -0.3 is 5.32 Å². The van der Waals surface area contributed by atoms with Crippen LogP contribution in [-0.4, -0.2) is 37.0 Å². The third kappa shape index (κ3) is 3.07. The summed E-state index contributed by atoms with van der Waals surface area (Å²) in [4.78, 5) is 0. The Morgan fingerprint density at radius 3 is 2.76 bits per heavy atom. The van der Waals surface area contributed by atoms with Gasteiger partial charge in [-0.3, -0.25) is 4.68 Å². The zero-order valence-corrected chi connectivity index (χ0v) is 11.1. The number of hydrogen-bond donors (Lipinski definition) is 1. The number of nitrogens with zero attached hydrogens (tertiary/aromatic N) is 2. The number of aromatic nitrogens is 2. The molecule has 0 aliphatic carbocycles. The molecule has 2 heterocycles. The highest BCUT2D eigenvalue weighted by atomic mass is 32.2. The lowest BCUT2D eigenvalue weighted by atomic mass is 10.1. The second kappa shape index (κ2) is 4.78. The molecule has 1 saturated heterocycles. The summed E-state index contributed by atoms with van der Waals surface area (Å²) >= 11 is 0. The molecule has 0 spiro atoms. The standard InChI is InChI=1S/C11H19N3O2S/c1-3-14-11(4-9(2)13-14)8-17(15,16)7-10-5-12-6-10/h4,10,12H,3,5-8H2,1-2H3. The molecule has 0 atom stereocenters. The summed E-state index contributed by atoms with van der Waals surface area (Å²) in [5.74, 6) is 0.686. The zero-order chi connectivity index (χ0) is 12.5. The van der Waals surface area contributed by atoms with Gasteiger partial charge in [0.1, 0.15) is 0 Å². The van der Waals surface area contributed by atoms with Crippen LogP contribution in [0.4, 0.5) is 0 Å². The Kier molecular flexibility index (Phi) is 3.53. The molecule has 1 aliphatic rings. The van der Waals surface area contributed by atoms with Gasteiger partial charge in [0.25, 0.3) is 0 Å². The SMILES string of the molecule is CCn1nc(C)cc1CS(=O)(=O)CC1CNC1. The summed E-state index contributed by atoms with van der Waals surface area (Å²) in [6.45, 7) is 6.22. The first-order valence-electron chi connectivity index (χ1n) is 5.94. The second-order valence-corrected chi connectivity index (χ2v) is 6.78. The molecule has 1 aromatic rings. The second-order valence-electron chi connectivity index (χ2n) is 4.67. The predicted octanol–water partition coefficient (Wildman–Crippen LogP) is 0.346.